The van der Waals surface area contributed by atoms with E-state index in [1.165, 1.54) is 13.2 Å². The minimum atomic E-state index is -0.734. The molecule has 0 unspecified atom stereocenters. The Morgan fingerprint density at radius 3 is 2.85 bits per heavy atom. The Labute approximate surface area is 114 Å². The Balaban J connectivity index is 1.81. The predicted octanol–water partition coefficient (Wildman–Crippen LogP) is 2.25. The van der Waals surface area contributed by atoms with Crippen molar-refractivity contribution in [1.29, 1.82) is 0 Å². The van der Waals surface area contributed by atoms with Crippen LogP contribution in [0.25, 0.3) is 0 Å². The molecule has 1 N–H and O–H groups in total. The lowest BCUT2D eigenvalue weighted by atomic mass is 10.3. The average molecular weight is 281 g/mol. The minimum absolute atomic E-state index is 0.000222. The summed E-state index contributed by atoms with van der Waals surface area (Å²) in [6, 6.07) is 4.77. The molecule has 0 saturated heterocycles. The molecule has 2 rings (SSSR count). The van der Waals surface area contributed by atoms with Crippen LogP contribution in [0.15, 0.2) is 30.5 Å². The number of hydrogen-bond donors (Lipinski definition) is 1. The van der Waals surface area contributed by atoms with Crippen LogP contribution in [0.1, 0.15) is 0 Å². The number of halogens is 2. The van der Waals surface area contributed by atoms with Crippen molar-refractivity contribution in [2.75, 3.05) is 25.6 Å². The molecular weight excluding hydrogens is 268 g/mol. The van der Waals surface area contributed by atoms with Crippen LogP contribution < -0.4 is 14.8 Å². The van der Waals surface area contributed by atoms with Gasteiger partial charge in [0.05, 0.1) is 13.7 Å². The fraction of sp³-hybridized carbons (Fsp3) is 0.231. The van der Waals surface area contributed by atoms with Gasteiger partial charge in [0, 0.05) is 18.3 Å². The maximum Gasteiger partial charge on any atom is 0.226 e. The molecule has 0 fully saturated rings. The van der Waals surface area contributed by atoms with Crippen LogP contribution in [0, 0.1) is 11.6 Å². The second-order valence-electron chi connectivity index (χ2n) is 3.77. The molecule has 20 heavy (non-hydrogen) atoms. The fourth-order valence-corrected chi connectivity index (χ4v) is 1.46. The van der Waals surface area contributed by atoms with E-state index in [2.05, 4.69) is 15.3 Å². The molecule has 0 aliphatic heterocycles. The maximum atomic E-state index is 13.3. The van der Waals surface area contributed by atoms with E-state index in [0.717, 1.165) is 12.1 Å². The molecular formula is C13H13F2N3O2. The van der Waals surface area contributed by atoms with Crippen molar-refractivity contribution in [2.45, 2.75) is 0 Å². The number of nitrogens with one attached hydrogen (secondary N) is 1. The first-order valence-corrected chi connectivity index (χ1v) is 5.88. The highest BCUT2D eigenvalue weighted by Gasteiger charge is 2.04. The monoisotopic (exact) mass is 281 g/mol. The van der Waals surface area contributed by atoms with Gasteiger partial charge in [-0.15, -0.1) is 0 Å². The normalized spacial score (nSPS) is 10.2. The summed E-state index contributed by atoms with van der Waals surface area (Å²) >= 11 is 0. The summed E-state index contributed by atoms with van der Waals surface area (Å²) in [4.78, 5) is 8.02. The number of hydrogen-bond acceptors (Lipinski definition) is 5. The highest BCUT2D eigenvalue weighted by atomic mass is 19.1. The molecule has 0 aliphatic rings. The highest BCUT2D eigenvalue weighted by molar-refractivity contribution is 5.28. The molecule has 0 saturated carbocycles. The van der Waals surface area contributed by atoms with Gasteiger partial charge in [-0.25, -0.2) is 13.8 Å². The quantitative estimate of drug-likeness (QED) is 0.823. The first-order chi connectivity index (χ1) is 9.69. The lowest BCUT2D eigenvalue weighted by Crippen LogP contribution is -2.14. The van der Waals surface area contributed by atoms with Gasteiger partial charge >= 0.3 is 0 Å². The average Bonchev–Trinajstić information content (AvgIpc) is 2.45. The maximum absolute atomic E-state index is 13.3. The van der Waals surface area contributed by atoms with Crippen LogP contribution >= 0.6 is 0 Å². The number of methoxy groups -OCH3 is 1. The Hall–Kier alpha value is -2.44. The van der Waals surface area contributed by atoms with Gasteiger partial charge in [-0.1, -0.05) is 0 Å². The first kappa shape index (κ1) is 14.0. The number of aromatic nitrogens is 2. The number of benzene rings is 1. The number of anilines is 1. The van der Waals surface area contributed by atoms with E-state index in [1.807, 2.05) is 0 Å². The van der Waals surface area contributed by atoms with E-state index in [9.17, 15) is 8.78 Å². The molecule has 0 spiro atoms. The third kappa shape index (κ3) is 3.78. The molecule has 7 heteroatoms. The van der Waals surface area contributed by atoms with E-state index in [1.54, 1.807) is 12.3 Å². The van der Waals surface area contributed by atoms with Gasteiger partial charge in [-0.2, -0.15) is 4.98 Å². The Bertz CT molecular complexity index is 581. The van der Waals surface area contributed by atoms with E-state index >= 15 is 0 Å². The lowest BCUT2D eigenvalue weighted by Gasteiger charge is -2.08. The van der Waals surface area contributed by atoms with Crippen molar-refractivity contribution < 1.29 is 18.3 Å². The molecule has 5 nitrogen and oxygen atoms in total. The van der Waals surface area contributed by atoms with Crippen molar-refractivity contribution >= 4 is 5.95 Å². The summed E-state index contributed by atoms with van der Waals surface area (Å²) in [6.45, 7) is 0.549. The van der Waals surface area contributed by atoms with Crippen molar-refractivity contribution in [1.82, 2.24) is 9.97 Å². The summed E-state index contributed by atoms with van der Waals surface area (Å²) in [7, 11) is 1.51. The lowest BCUT2D eigenvalue weighted by molar-refractivity contribution is 0.313. The summed E-state index contributed by atoms with van der Waals surface area (Å²) < 4.78 is 36.1. The molecule has 0 atom stereocenters. The smallest absolute Gasteiger partial charge is 0.226 e. The zero-order valence-corrected chi connectivity index (χ0v) is 10.8. The van der Waals surface area contributed by atoms with E-state index in [-0.39, 0.29) is 12.4 Å². The zero-order chi connectivity index (χ0) is 14.4. The van der Waals surface area contributed by atoms with E-state index in [0.29, 0.717) is 18.4 Å². The second-order valence-corrected chi connectivity index (χ2v) is 3.77. The van der Waals surface area contributed by atoms with Crippen molar-refractivity contribution in [2.24, 2.45) is 0 Å². The second kappa shape index (κ2) is 6.65. The fourth-order valence-electron chi connectivity index (χ4n) is 1.46. The molecule has 0 radical (unpaired) electrons. The van der Waals surface area contributed by atoms with Crippen LogP contribution in [-0.2, 0) is 0 Å². The largest absolute Gasteiger partial charge is 0.489 e. The van der Waals surface area contributed by atoms with Crippen molar-refractivity contribution in [3.8, 4) is 11.6 Å². The van der Waals surface area contributed by atoms with Crippen LogP contribution in [0.4, 0.5) is 14.7 Å². The molecule has 0 aliphatic carbocycles. The van der Waals surface area contributed by atoms with E-state index < -0.39 is 11.6 Å². The third-order valence-electron chi connectivity index (χ3n) is 2.38. The molecule has 106 valence electrons. The molecule has 0 amide bonds. The van der Waals surface area contributed by atoms with Gasteiger partial charge in [-0.05, 0) is 12.1 Å². The Kier molecular flexibility index (Phi) is 4.65. The minimum Gasteiger partial charge on any atom is -0.489 e. The Morgan fingerprint density at radius 2 is 2.10 bits per heavy atom. The molecule has 1 aromatic heterocycles. The zero-order valence-electron chi connectivity index (χ0n) is 10.8. The van der Waals surface area contributed by atoms with Gasteiger partial charge in [0.25, 0.3) is 0 Å². The van der Waals surface area contributed by atoms with Gasteiger partial charge in [-0.3, -0.25) is 0 Å². The van der Waals surface area contributed by atoms with Crippen LogP contribution in [-0.4, -0.2) is 30.2 Å². The van der Waals surface area contributed by atoms with Gasteiger partial charge in [0.2, 0.25) is 11.8 Å². The summed E-state index contributed by atoms with van der Waals surface area (Å²) in [5.41, 5.74) is 0. The van der Waals surface area contributed by atoms with Crippen molar-refractivity contribution in [3.05, 3.63) is 42.1 Å². The molecule has 2 aromatic rings. The predicted molar refractivity (Wildman–Crippen MR) is 68.9 cm³/mol. The number of ether oxygens (including phenoxy) is 2. The molecule has 1 heterocycles. The standard InChI is InChI=1S/C13H13F2N3O2/c1-19-12-4-5-16-13(18-12)17-6-7-20-11-3-2-9(14)8-10(11)15/h2-5,8H,6-7H2,1H3,(H,16,17,18). The van der Waals surface area contributed by atoms with Crippen molar-refractivity contribution in [3.63, 3.8) is 0 Å². The Morgan fingerprint density at radius 1 is 1.25 bits per heavy atom. The van der Waals surface area contributed by atoms with Crippen LogP contribution in [0.3, 0.4) is 0 Å². The number of rotatable bonds is 6. The van der Waals surface area contributed by atoms with E-state index in [4.69, 9.17) is 9.47 Å². The third-order valence-corrected chi connectivity index (χ3v) is 2.38. The van der Waals surface area contributed by atoms with Crippen LogP contribution in [0.2, 0.25) is 0 Å². The van der Waals surface area contributed by atoms with Gasteiger partial charge in [0.1, 0.15) is 12.4 Å². The van der Waals surface area contributed by atoms with Gasteiger partial charge in [0.15, 0.2) is 11.6 Å². The molecule has 1 aromatic carbocycles. The van der Waals surface area contributed by atoms with Crippen LogP contribution in [0.5, 0.6) is 11.6 Å². The topological polar surface area (TPSA) is 56.3 Å². The molecule has 0 bridgehead atoms. The highest BCUT2D eigenvalue weighted by Crippen LogP contribution is 2.17. The summed E-state index contributed by atoms with van der Waals surface area (Å²) in [5, 5.41) is 2.90. The first-order valence-electron chi connectivity index (χ1n) is 5.88. The summed E-state index contributed by atoms with van der Waals surface area (Å²) in [6.07, 6.45) is 1.55. The van der Waals surface area contributed by atoms with Gasteiger partial charge < -0.3 is 14.8 Å². The summed E-state index contributed by atoms with van der Waals surface area (Å²) in [5.74, 6) is -0.555. The number of nitrogens with zero attached hydrogens (tertiary/aromatic N) is 2. The SMILES string of the molecule is COc1ccnc(NCCOc2ccc(F)cc2F)n1.